The molecule has 22 aromatic rings. The third kappa shape index (κ3) is 13.8. The number of para-hydroxylation sites is 6. The van der Waals surface area contributed by atoms with Crippen LogP contribution in [0.4, 0.5) is 0 Å². The lowest BCUT2D eigenvalue weighted by atomic mass is 9.67. The summed E-state index contributed by atoms with van der Waals surface area (Å²) in [4.78, 5) is 44.4. The van der Waals surface area contributed by atoms with Gasteiger partial charge in [-0.05, 0) is 214 Å². The van der Waals surface area contributed by atoms with Crippen molar-refractivity contribution in [1.29, 1.82) is 0 Å². The van der Waals surface area contributed by atoms with E-state index in [1.807, 2.05) is 140 Å². The molecule has 0 aliphatic heterocycles. The maximum absolute atomic E-state index is 5.28. The summed E-state index contributed by atoms with van der Waals surface area (Å²) in [5.41, 5.74) is 42.5. The topological polar surface area (TPSA) is 116 Å². The van der Waals surface area contributed by atoms with Gasteiger partial charge in [0, 0.05) is 75.3 Å². The normalized spacial score (nSPS) is 13.0. The molecule has 25 rings (SSSR count). The summed E-state index contributed by atoms with van der Waals surface area (Å²) >= 11 is 0. The van der Waals surface area contributed by atoms with Gasteiger partial charge >= 0.3 is 0 Å². The van der Waals surface area contributed by atoms with Crippen LogP contribution in [0.25, 0.3) is 168 Å². The first kappa shape index (κ1) is 78.7. The minimum Gasteiger partial charge on any atom is -0.265 e. The predicted molar refractivity (Wildman–Crippen MR) is 533 cm³/mol. The van der Waals surface area contributed by atoms with E-state index in [4.69, 9.17) is 29.9 Å². The van der Waals surface area contributed by atoms with Crippen molar-refractivity contribution in [2.24, 2.45) is 0 Å². The van der Waals surface area contributed by atoms with Crippen LogP contribution < -0.4 is 0 Å². The molecule has 9 nitrogen and oxygen atoms in total. The lowest BCUT2D eigenvalue weighted by Gasteiger charge is -2.34. The Kier molecular flexibility index (Phi) is 19.9. The molecule has 0 radical (unpaired) electrons. The average molecular weight is 1680 g/mol. The van der Waals surface area contributed by atoms with Crippen molar-refractivity contribution in [3.63, 3.8) is 0 Å². The number of nitrogens with zero attached hydrogens (tertiary/aromatic N) is 9. The van der Waals surface area contributed by atoms with Crippen LogP contribution in [0.1, 0.15) is 69.5 Å². The first-order valence-corrected chi connectivity index (χ1v) is 44.5. The lowest BCUT2D eigenvalue weighted by molar-refractivity contribution is 0.661. The molecule has 0 amide bonds. The molecule has 0 saturated carbocycles. The van der Waals surface area contributed by atoms with Gasteiger partial charge in [0.1, 0.15) is 0 Å². The van der Waals surface area contributed by atoms with Crippen LogP contribution in [-0.4, -0.2) is 44.9 Å². The second kappa shape index (κ2) is 33.1. The van der Waals surface area contributed by atoms with E-state index < -0.39 is 10.8 Å². The second-order valence-corrected chi connectivity index (χ2v) is 34.2. The highest BCUT2D eigenvalue weighted by molar-refractivity contribution is 5.97. The molecule has 6 heterocycles. The fraction of sp³-hybridized carbons (Fsp3) is 0.0410. The first-order valence-electron chi connectivity index (χ1n) is 44.5. The maximum atomic E-state index is 5.28. The van der Waals surface area contributed by atoms with Gasteiger partial charge in [0.25, 0.3) is 0 Å². The molecule has 0 bridgehead atoms. The summed E-state index contributed by atoms with van der Waals surface area (Å²) in [6.07, 6.45) is 9.34. The highest BCUT2D eigenvalue weighted by Gasteiger charge is 2.49. The monoisotopic (exact) mass is 1670 g/mol. The van der Waals surface area contributed by atoms with Crippen LogP contribution in [0.2, 0.25) is 0 Å². The largest absolute Gasteiger partial charge is 0.265 e. The Morgan fingerprint density at radius 3 is 0.771 bits per heavy atom. The van der Waals surface area contributed by atoms with Crippen LogP contribution in [0.15, 0.2) is 468 Å². The van der Waals surface area contributed by atoms with Crippen molar-refractivity contribution in [3.8, 4) is 134 Å². The molecule has 0 atom stereocenters. The molecule has 9 heteroatoms. The highest BCUT2D eigenvalue weighted by Crippen LogP contribution is 2.61. The maximum Gasteiger partial charge on any atom is 0.0973 e. The van der Waals surface area contributed by atoms with Gasteiger partial charge in [-0.2, -0.15) is 0 Å². The van der Waals surface area contributed by atoms with E-state index in [9.17, 15) is 0 Å². The quantitative estimate of drug-likeness (QED) is 0.111. The van der Waals surface area contributed by atoms with Gasteiger partial charge in [0.05, 0.1) is 83.8 Å². The van der Waals surface area contributed by atoms with Crippen LogP contribution in [0, 0.1) is 0 Å². The summed E-state index contributed by atoms with van der Waals surface area (Å²) in [7, 11) is 0. The Bertz CT molecular complexity index is 7650. The molecule has 6 aromatic heterocycles. The van der Waals surface area contributed by atoms with Crippen molar-refractivity contribution in [3.05, 3.63) is 523 Å². The molecule has 3 aliphatic carbocycles. The number of rotatable bonds is 13. The molecule has 616 valence electrons. The highest BCUT2D eigenvalue weighted by atomic mass is 14.9. The van der Waals surface area contributed by atoms with Crippen molar-refractivity contribution in [2.75, 3.05) is 0 Å². The average Bonchev–Trinajstić information content (AvgIpc) is 1.54. The second-order valence-electron chi connectivity index (χ2n) is 34.2. The third-order valence-electron chi connectivity index (χ3n) is 26.4. The van der Waals surface area contributed by atoms with Crippen molar-refractivity contribution in [2.45, 2.75) is 30.1 Å². The van der Waals surface area contributed by atoms with Crippen LogP contribution in [0.3, 0.4) is 0 Å². The van der Waals surface area contributed by atoms with Crippen molar-refractivity contribution >= 4 is 33.1 Å². The van der Waals surface area contributed by atoms with Gasteiger partial charge < -0.3 is 0 Å². The number of pyridine rings is 3. The fourth-order valence-corrected chi connectivity index (χ4v) is 20.3. The number of hydrogen-bond acceptors (Lipinski definition) is 9. The fourth-order valence-electron chi connectivity index (χ4n) is 20.3. The van der Waals surface area contributed by atoms with E-state index >= 15 is 0 Å². The van der Waals surface area contributed by atoms with E-state index in [0.717, 1.165) is 129 Å². The lowest BCUT2D eigenvalue weighted by Crippen LogP contribution is -2.28. The standard InChI is InChI=1S/2C44H29N3.C34H25N3/c1-4-13-30(14-5-1)42-43(47-41-21-11-10-20-40(41)46-42)32-23-25-37-36-24-22-31(33-15-12-26-45-29-33)27-38(36)44(39(37)28-32,34-16-6-2-7-17-34)35-18-8-3-9-19-35;1-4-12-31(13-5-1)42-43(47-41-19-11-10-18-40(41)46-42)33-21-23-37-36-22-20-32(30-24-26-45-27-25-30)28-38(36)44(39(37)29-33,34-14-6-2-7-15-34)35-16-8-3-9-17-35;1-34(2)27-20-23(29-12-8-9-19-35-29)15-17-25(27)26-18-16-24(21-28(26)34)33-32(22-10-4-3-5-11-22)36-30-13-6-7-14-31(30)37-33/h2*1-29H;3-21H,1-2H3. The molecule has 0 spiro atoms. The van der Waals surface area contributed by atoms with Gasteiger partial charge in [-0.15, -0.1) is 0 Å². The van der Waals surface area contributed by atoms with Crippen LogP contribution in [0.5, 0.6) is 0 Å². The Morgan fingerprint density at radius 1 is 0.176 bits per heavy atom. The van der Waals surface area contributed by atoms with Gasteiger partial charge in [-0.1, -0.05) is 347 Å². The van der Waals surface area contributed by atoms with Gasteiger partial charge in [0.2, 0.25) is 0 Å². The van der Waals surface area contributed by atoms with E-state index in [1.54, 1.807) is 0 Å². The molecular formula is C122H83N9. The zero-order chi connectivity index (χ0) is 87.4. The number of aromatic nitrogens is 9. The Balaban J connectivity index is 0.000000113. The van der Waals surface area contributed by atoms with Gasteiger partial charge in [0.15, 0.2) is 0 Å². The summed E-state index contributed by atoms with van der Waals surface area (Å²) in [6.45, 7) is 4.63. The van der Waals surface area contributed by atoms with Crippen molar-refractivity contribution in [1.82, 2.24) is 44.9 Å². The molecular weight excluding hydrogens is 1590 g/mol. The molecule has 3 aliphatic rings. The van der Waals surface area contributed by atoms with Gasteiger partial charge in [-0.3, -0.25) is 15.0 Å². The van der Waals surface area contributed by atoms with E-state index in [0.29, 0.717) is 0 Å². The molecule has 0 saturated heterocycles. The number of hydrogen-bond donors (Lipinski definition) is 0. The summed E-state index contributed by atoms with van der Waals surface area (Å²) in [5, 5.41) is 0. The molecule has 0 unspecified atom stereocenters. The number of fused-ring (bicyclic) bond motifs is 12. The predicted octanol–water partition coefficient (Wildman–Crippen LogP) is 29.1. The summed E-state index contributed by atoms with van der Waals surface area (Å²) < 4.78 is 0. The molecule has 131 heavy (non-hydrogen) atoms. The first-order chi connectivity index (χ1) is 64.7. The Hall–Kier alpha value is -17.0. The van der Waals surface area contributed by atoms with E-state index in [1.165, 1.54) is 94.6 Å². The molecule has 0 N–H and O–H groups in total. The number of benzene rings is 16. The van der Waals surface area contributed by atoms with Gasteiger partial charge in [-0.25, -0.2) is 29.9 Å². The minimum atomic E-state index is -0.557. The zero-order valence-corrected chi connectivity index (χ0v) is 72.0. The minimum absolute atomic E-state index is 0.150. The molecule has 0 fully saturated rings. The van der Waals surface area contributed by atoms with Crippen molar-refractivity contribution < 1.29 is 0 Å². The Morgan fingerprint density at radius 2 is 0.443 bits per heavy atom. The molecule has 16 aromatic carbocycles. The smallest absolute Gasteiger partial charge is 0.0973 e. The van der Waals surface area contributed by atoms with E-state index in [-0.39, 0.29) is 5.41 Å². The SMILES string of the molecule is CC1(C)c2cc(-c3ccccn3)ccc2-c2ccc(-c3nc4ccccc4nc3-c3ccccc3)cc21.c1ccc(-c2nc3ccccc3nc2-c2ccc3c(c2)C(c2ccccc2)(c2ccccc2)c2cc(-c4cccnc4)ccc2-3)cc1.c1ccc(-c2nc3ccccc3nc2-c2ccc3c(c2)C(c2ccccc2)(c2ccccc2)c2cc(-c4ccncc4)ccc2-3)cc1. The van der Waals surface area contributed by atoms with Crippen LogP contribution >= 0.6 is 0 Å². The van der Waals surface area contributed by atoms with E-state index in [2.05, 4.69) is 356 Å². The summed E-state index contributed by atoms with van der Waals surface area (Å²) in [6, 6.07) is 155. The Labute approximate surface area is 760 Å². The summed E-state index contributed by atoms with van der Waals surface area (Å²) in [5.74, 6) is 0. The van der Waals surface area contributed by atoms with Crippen LogP contribution in [-0.2, 0) is 16.2 Å². The zero-order valence-electron chi connectivity index (χ0n) is 72.0. The third-order valence-corrected chi connectivity index (χ3v) is 26.4.